The molecule has 3 aromatic rings. The van der Waals surface area contributed by atoms with Crippen molar-refractivity contribution in [3.63, 3.8) is 0 Å². The van der Waals surface area contributed by atoms with Crippen LogP contribution >= 0.6 is 0 Å². The predicted molar refractivity (Wildman–Crippen MR) is 140 cm³/mol. The fraction of sp³-hybridized carbons (Fsp3) is 0.423. The van der Waals surface area contributed by atoms with Crippen molar-refractivity contribution in [3.8, 4) is 0 Å². The summed E-state index contributed by atoms with van der Waals surface area (Å²) in [7, 11) is -3.89. The van der Waals surface area contributed by atoms with Crippen molar-refractivity contribution in [1.82, 2.24) is 29.9 Å². The molecule has 11 nitrogen and oxygen atoms in total. The number of para-hydroxylation sites is 2. The zero-order chi connectivity index (χ0) is 27.3. The summed E-state index contributed by atoms with van der Waals surface area (Å²) in [6.07, 6.45) is 2.80. The molecular weight excluding hydrogens is 508 g/mol. The molecule has 38 heavy (non-hydrogen) atoms. The molecule has 4 rings (SSSR count). The second-order valence-electron chi connectivity index (χ2n) is 9.76. The number of fused-ring (bicyclic) bond motifs is 1. The minimum atomic E-state index is -3.89. The van der Waals surface area contributed by atoms with Crippen LogP contribution in [0.4, 0.5) is 0 Å². The normalized spacial score (nSPS) is 19.6. The van der Waals surface area contributed by atoms with Crippen molar-refractivity contribution in [2.75, 3.05) is 13.1 Å². The Hall–Kier alpha value is -3.48. The first-order valence-electron chi connectivity index (χ1n) is 12.6. The maximum Gasteiger partial charge on any atom is 0.272 e. The van der Waals surface area contributed by atoms with E-state index in [0.29, 0.717) is 30.3 Å². The zero-order valence-corrected chi connectivity index (χ0v) is 22.1. The highest BCUT2D eigenvalue weighted by Gasteiger charge is 2.35. The number of aliphatic hydroxyl groups excluding tert-OH is 1. The number of nitrogens with one attached hydrogen (secondary N) is 2. The average Bonchev–Trinajstić information content (AvgIpc) is 3.09. The maximum atomic E-state index is 13.3. The minimum absolute atomic E-state index is 0.0896. The number of pyridine rings is 1. The molecule has 0 saturated carbocycles. The zero-order valence-electron chi connectivity index (χ0n) is 21.3. The molecule has 0 bridgehead atoms. The summed E-state index contributed by atoms with van der Waals surface area (Å²) in [5, 5.41) is 16.4. The van der Waals surface area contributed by atoms with Gasteiger partial charge in [0.05, 0.1) is 29.4 Å². The molecule has 1 aliphatic heterocycles. The lowest BCUT2D eigenvalue weighted by atomic mass is 10.0. The van der Waals surface area contributed by atoms with E-state index in [2.05, 4.69) is 25.6 Å². The summed E-state index contributed by atoms with van der Waals surface area (Å²) in [5.74, 6) is -0.893. The van der Waals surface area contributed by atoms with Gasteiger partial charge in [-0.3, -0.25) is 14.6 Å². The maximum absolute atomic E-state index is 13.3. The largest absolute Gasteiger partial charge is 0.390 e. The van der Waals surface area contributed by atoms with Crippen LogP contribution < -0.4 is 10.6 Å². The number of aliphatic hydroxyl groups is 1. The standard InChI is InChI=1S/C26H32N6O5S/c1-17(2)14-21(31-26(35)22-15-28-18-8-3-4-9-19(18)29-22)25(34)30-20-10-7-13-32(16-23(20)33)38(36,37)24-11-5-6-12-27-24/h3-6,8-9,11-12,15,17,20-21,23,33H,7,10,13-14,16H2,1-2H3,(H,30,34)(H,31,35)/t20?,21-,23?/m0/s1. The Kier molecular flexibility index (Phi) is 8.65. The monoisotopic (exact) mass is 540 g/mol. The van der Waals surface area contributed by atoms with Crippen LogP contribution in [-0.2, 0) is 14.8 Å². The van der Waals surface area contributed by atoms with Crippen LogP contribution in [0.25, 0.3) is 11.0 Å². The number of hydrogen-bond acceptors (Lipinski definition) is 8. The first-order valence-corrected chi connectivity index (χ1v) is 14.0. The van der Waals surface area contributed by atoms with Crippen LogP contribution in [0.3, 0.4) is 0 Å². The van der Waals surface area contributed by atoms with Crippen LogP contribution in [0.5, 0.6) is 0 Å². The molecule has 2 unspecified atom stereocenters. The van der Waals surface area contributed by atoms with Gasteiger partial charge in [-0.05, 0) is 49.4 Å². The molecule has 0 spiro atoms. The minimum Gasteiger partial charge on any atom is -0.390 e. The van der Waals surface area contributed by atoms with E-state index in [0.717, 1.165) is 0 Å². The lowest BCUT2D eigenvalue weighted by Gasteiger charge is -2.27. The van der Waals surface area contributed by atoms with E-state index in [1.807, 2.05) is 19.9 Å². The van der Waals surface area contributed by atoms with Crippen LogP contribution in [0, 0.1) is 5.92 Å². The van der Waals surface area contributed by atoms with Gasteiger partial charge in [0.25, 0.3) is 15.9 Å². The number of β-amino-alcohol motifs (C(OH)–C–C–N with tert-alkyl or cyclic N) is 1. The second-order valence-corrected chi connectivity index (χ2v) is 11.6. The van der Waals surface area contributed by atoms with E-state index in [1.165, 1.54) is 22.8 Å². The lowest BCUT2D eigenvalue weighted by molar-refractivity contribution is -0.125. The summed E-state index contributed by atoms with van der Waals surface area (Å²) >= 11 is 0. The van der Waals surface area contributed by atoms with E-state index < -0.39 is 40.0 Å². The van der Waals surface area contributed by atoms with Gasteiger partial charge in [0.15, 0.2) is 5.03 Å². The molecule has 2 amide bonds. The summed E-state index contributed by atoms with van der Waals surface area (Å²) in [6, 6.07) is 10.2. The first-order chi connectivity index (χ1) is 18.1. The molecule has 3 heterocycles. The SMILES string of the molecule is CC(C)C[C@H](NC(=O)c1cnc2ccccc2n1)C(=O)NC1CCCN(S(=O)(=O)c2ccccn2)CC1O. The van der Waals surface area contributed by atoms with Gasteiger partial charge in [0.1, 0.15) is 11.7 Å². The van der Waals surface area contributed by atoms with Gasteiger partial charge in [0.2, 0.25) is 5.91 Å². The number of aromatic nitrogens is 3. The quantitative estimate of drug-likeness (QED) is 0.388. The number of rotatable bonds is 8. The fourth-order valence-corrected chi connectivity index (χ4v) is 5.84. The number of amides is 2. The molecule has 2 aromatic heterocycles. The van der Waals surface area contributed by atoms with Gasteiger partial charge in [0, 0.05) is 19.3 Å². The van der Waals surface area contributed by atoms with Crippen LogP contribution in [-0.4, -0.2) is 75.9 Å². The van der Waals surface area contributed by atoms with Crippen molar-refractivity contribution in [2.45, 2.75) is 56.3 Å². The Morgan fingerprint density at radius 1 is 1.11 bits per heavy atom. The number of carbonyl (C=O) groups is 2. The number of sulfonamides is 1. The summed E-state index contributed by atoms with van der Waals surface area (Å²) < 4.78 is 27.2. The van der Waals surface area contributed by atoms with E-state index in [-0.39, 0.29) is 29.7 Å². The van der Waals surface area contributed by atoms with Gasteiger partial charge in [-0.15, -0.1) is 0 Å². The Bertz CT molecular complexity index is 1390. The lowest BCUT2D eigenvalue weighted by Crippen LogP contribution is -2.54. The summed E-state index contributed by atoms with van der Waals surface area (Å²) in [4.78, 5) is 38.8. The third-order valence-corrected chi connectivity index (χ3v) is 8.14. The van der Waals surface area contributed by atoms with E-state index in [1.54, 1.807) is 30.3 Å². The molecule has 3 atom stereocenters. The third kappa shape index (κ3) is 6.50. The van der Waals surface area contributed by atoms with E-state index in [9.17, 15) is 23.1 Å². The molecule has 3 N–H and O–H groups in total. The second kappa shape index (κ2) is 11.9. The van der Waals surface area contributed by atoms with Crippen LogP contribution in [0.15, 0.2) is 59.9 Å². The van der Waals surface area contributed by atoms with Crippen molar-refractivity contribution >= 4 is 32.9 Å². The van der Waals surface area contributed by atoms with Crippen LogP contribution in [0.1, 0.15) is 43.6 Å². The van der Waals surface area contributed by atoms with Gasteiger partial charge in [-0.25, -0.2) is 18.4 Å². The Morgan fingerprint density at radius 2 is 1.84 bits per heavy atom. The van der Waals surface area contributed by atoms with Gasteiger partial charge < -0.3 is 15.7 Å². The molecule has 1 aromatic carbocycles. The van der Waals surface area contributed by atoms with Crippen molar-refractivity contribution in [3.05, 3.63) is 60.6 Å². The van der Waals surface area contributed by atoms with Crippen molar-refractivity contribution < 1.29 is 23.1 Å². The smallest absolute Gasteiger partial charge is 0.272 e. The van der Waals surface area contributed by atoms with Crippen LogP contribution in [0.2, 0.25) is 0 Å². The third-order valence-electron chi connectivity index (χ3n) is 6.36. The van der Waals surface area contributed by atoms with Crippen molar-refractivity contribution in [1.29, 1.82) is 0 Å². The highest BCUT2D eigenvalue weighted by atomic mass is 32.2. The Morgan fingerprint density at radius 3 is 2.55 bits per heavy atom. The fourth-order valence-electron chi connectivity index (χ4n) is 4.41. The molecule has 1 saturated heterocycles. The Labute approximate surface area is 221 Å². The highest BCUT2D eigenvalue weighted by Crippen LogP contribution is 2.20. The summed E-state index contributed by atoms with van der Waals surface area (Å²) in [6.45, 7) is 3.87. The van der Waals surface area contributed by atoms with E-state index in [4.69, 9.17) is 0 Å². The molecule has 0 radical (unpaired) electrons. The topological polar surface area (TPSA) is 154 Å². The molecular formula is C26H32N6O5S. The van der Waals surface area contributed by atoms with Gasteiger partial charge >= 0.3 is 0 Å². The van der Waals surface area contributed by atoms with E-state index >= 15 is 0 Å². The number of nitrogens with zero attached hydrogens (tertiary/aromatic N) is 4. The Balaban J connectivity index is 1.44. The number of carbonyl (C=O) groups excluding carboxylic acids is 2. The molecule has 1 fully saturated rings. The number of hydrogen-bond donors (Lipinski definition) is 3. The van der Waals surface area contributed by atoms with Crippen molar-refractivity contribution in [2.24, 2.45) is 5.92 Å². The molecule has 202 valence electrons. The molecule has 0 aliphatic carbocycles. The van der Waals surface area contributed by atoms with Gasteiger partial charge in [-0.1, -0.05) is 32.0 Å². The molecule has 1 aliphatic rings. The predicted octanol–water partition coefficient (Wildman–Crippen LogP) is 1.50. The van der Waals surface area contributed by atoms with Gasteiger partial charge in [-0.2, -0.15) is 4.31 Å². The first kappa shape index (κ1) is 27.6. The number of benzene rings is 1. The average molecular weight is 541 g/mol. The molecule has 12 heteroatoms. The summed E-state index contributed by atoms with van der Waals surface area (Å²) in [5.41, 5.74) is 1.31. The highest BCUT2D eigenvalue weighted by molar-refractivity contribution is 7.89.